The minimum Gasteiger partial charge on any atom is -0.337 e. The average molecular weight is 623 g/mol. The van der Waals surface area contributed by atoms with E-state index in [4.69, 9.17) is 4.98 Å². The Morgan fingerprint density at radius 3 is 1.38 bits per heavy atom. The fourth-order valence-corrected chi connectivity index (χ4v) is 4.66. The second kappa shape index (κ2) is 11.9. The van der Waals surface area contributed by atoms with Crippen molar-refractivity contribution in [3.63, 3.8) is 0 Å². The van der Waals surface area contributed by atoms with E-state index in [0.717, 1.165) is 56.2 Å². The van der Waals surface area contributed by atoms with Gasteiger partial charge in [-0.15, -0.1) is 0 Å². The zero-order valence-electron chi connectivity index (χ0n) is 21.5. The number of nitrogens with zero attached hydrogens (tertiary/aromatic N) is 1. The molecular weight excluding hydrogens is 599 g/mol. The molecule has 0 bridgehead atoms. The predicted octanol–water partition coefficient (Wildman–Crippen LogP) is 8.81. The van der Waals surface area contributed by atoms with Gasteiger partial charge in [-0.25, -0.2) is 4.98 Å². The molecule has 0 saturated carbocycles. The van der Waals surface area contributed by atoms with Gasteiger partial charge in [0.25, 0.3) is 0 Å². The molecule has 5 aromatic carbocycles. The van der Waals surface area contributed by atoms with E-state index in [9.17, 15) is 0 Å². The summed E-state index contributed by atoms with van der Waals surface area (Å²) in [5.41, 5.74) is 8.93. The van der Waals surface area contributed by atoms with Crippen molar-refractivity contribution in [1.29, 1.82) is 0 Å². The summed E-state index contributed by atoms with van der Waals surface area (Å²) in [7, 11) is 0. The molecule has 40 heavy (non-hydrogen) atoms. The predicted molar refractivity (Wildman–Crippen MR) is 172 cm³/mol. The Bertz CT molecular complexity index is 1740. The fraction of sp³-hybridized carbons (Fsp3) is 0. The van der Waals surface area contributed by atoms with Crippen LogP contribution in [0.15, 0.2) is 133 Å². The van der Waals surface area contributed by atoms with Gasteiger partial charge in [0.2, 0.25) is 0 Å². The first kappa shape index (κ1) is 25.4. The normalized spacial score (nSPS) is 10.2. The summed E-state index contributed by atoms with van der Waals surface area (Å²) in [6.45, 7) is 0. The molecule has 1 aromatic heterocycles. The Morgan fingerprint density at radius 2 is 0.875 bits per heavy atom. The van der Waals surface area contributed by atoms with Gasteiger partial charge in [0.05, 0.1) is 11.4 Å². The van der Waals surface area contributed by atoms with Crippen LogP contribution in [0, 0.1) is 27.3 Å². The Labute approximate surface area is 248 Å². The molecule has 0 amide bonds. The fourth-order valence-electron chi connectivity index (χ4n) is 4.30. The van der Waals surface area contributed by atoms with Crippen molar-refractivity contribution in [2.75, 3.05) is 0 Å². The van der Waals surface area contributed by atoms with E-state index in [1.165, 1.54) is 3.57 Å². The number of halogens is 1. The van der Waals surface area contributed by atoms with Crippen molar-refractivity contribution in [1.82, 2.24) is 9.97 Å². The molecule has 0 saturated heterocycles. The number of aromatic amines is 1. The molecule has 0 atom stereocenters. The van der Waals surface area contributed by atoms with Gasteiger partial charge in [-0.3, -0.25) is 0 Å². The van der Waals surface area contributed by atoms with Crippen LogP contribution in [-0.2, 0) is 0 Å². The summed E-state index contributed by atoms with van der Waals surface area (Å²) in [6, 6.07) is 45.0. The summed E-state index contributed by atoms with van der Waals surface area (Å²) in [6.07, 6.45) is 0. The van der Waals surface area contributed by atoms with E-state index in [1.807, 2.05) is 60.7 Å². The zero-order valence-corrected chi connectivity index (χ0v) is 23.7. The topological polar surface area (TPSA) is 28.7 Å². The summed E-state index contributed by atoms with van der Waals surface area (Å²) in [5, 5.41) is 0. The highest BCUT2D eigenvalue weighted by atomic mass is 127. The molecule has 1 heterocycles. The highest BCUT2D eigenvalue weighted by Gasteiger charge is 2.15. The van der Waals surface area contributed by atoms with Crippen LogP contribution in [0.1, 0.15) is 22.3 Å². The van der Waals surface area contributed by atoms with E-state index < -0.39 is 0 Å². The third-order valence-electron chi connectivity index (χ3n) is 6.40. The highest BCUT2D eigenvalue weighted by molar-refractivity contribution is 14.1. The Morgan fingerprint density at radius 1 is 0.450 bits per heavy atom. The molecule has 2 nitrogen and oxygen atoms in total. The molecule has 0 fully saturated rings. The highest BCUT2D eigenvalue weighted by Crippen LogP contribution is 2.33. The van der Waals surface area contributed by atoms with E-state index in [2.05, 4.69) is 124 Å². The largest absolute Gasteiger partial charge is 0.337 e. The van der Waals surface area contributed by atoms with Gasteiger partial charge in [0.1, 0.15) is 5.82 Å². The van der Waals surface area contributed by atoms with Crippen LogP contribution in [0.3, 0.4) is 0 Å². The molecule has 0 aliphatic rings. The minimum absolute atomic E-state index is 0.835. The number of imidazole rings is 1. The molecule has 0 aliphatic carbocycles. The number of aromatic nitrogens is 2. The molecule has 188 valence electrons. The minimum atomic E-state index is 0.835. The van der Waals surface area contributed by atoms with E-state index >= 15 is 0 Å². The third-order valence-corrected chi connectivity index (χ3v) is 7.12. The smallest absolute Gasteiger partial charge is 0.138 e. The molecular formula is C37H23IN2. The van der Waals surface area contributed by atoms with Gasteiger partial charge < -0.3 is 4.98 Å². The van der Waals surface area contributed by atoms with Crippen LogP contribution in [0.2, 0.25) is 0 Å². The first-order valence-electron chi connectivity index (χ1n) is 12.9. The number of H-pyrrole nitrogens is 1. The standard InChI is InChI=1S/C37H23IN2/c38-34-25-23-33(24-26-34)37-39-35(31-19-15-29(16-20-31)13-11-27-7-3-1-4-8-27)36(40-37)32-21-17-30(18-22-32)14-12-28-9-5-2-6-10-28/h1-10,15-26H,(H,39,40). The van der Waals surface area contributed by atoms with Crippen molar-refractivity contribution in [3.8, 4) is 57.6 Å². The van der Waals surface area contributed by atoms with Gasteiger partial charge in [-0.1, -0.05) is 96.5 Å². The molecule has 0 unspecified atom stereocenters. The summed E-state index contributed by atoms with van der Waals surface area (Å²) >= 11 is 2.32. The van der Waals surface area contributed by atoms with Crippen LogP contribution in [0.4, 0.5) is 0 Å². The van der Waals surface area contributed by atoms with Gasteiger partial charge in [-0.2, -0.15) is 0 Å². The molecule has 1 N–H and O–H groups in total. The average Bonchev–Trinajstić information content (AvgIpc) is 3.46. The summed E-state index contributed by atoms with van der Waals surface area (Å²) in [4.78, 5) is 8.65. The molecule has 6 aromatic rings. The van der Waals surface area contributed by atoms with Crippen molar-refractivity contribution in [2.45, 2.75) is 0 Å². The van der Waals surface area contributed by atoms with E-state index in [1.54, 1.807) is 0 Å². The van der Waals surface area contributed by atoms with Crippen molar-refractivity contribution in [2.24, 2.45) is 0 Å². The summed E-state index contributed by atoms with van der Waals surface area (Å²) < 4.78 is 1.19. The van der Waals surface area contributed by atoms with Crippen molar-refractivity contribution >= 4 is 22.6 Å². The second-order valence-electron chi connectivity index (χ2n) is 9.20. The van der Waals surface area contributed by atoms with Gasteiger partial charge in [0, 0.05) is 42.5 Å². The number of rotatable bonds is 3. The van der Waals surface area contributed by atoms with Crippen LogP contribution in [0.5, 0.6) is 0 Å². The van der Waals surface area contributed by atoms with Crippen molar-refractivity contribution in [3.05, 3.63) is 159 Å². The van der Waals surface area contributed by atoms with Gasteiger partial charge in [0.15, 0.2) is 0 Å². The maximum atomic E-state index is 5.06. The lowest BCUT2D eigenvalue weighted by Crippen LogP contribution is -1.85. The third kappa shape index (κ3) is 6.07. The number of benzene rings is 5. The van der Waals surface area contributed by atoms with Crippen LogP contribution in [0.25, 0.3) is 33.9 Å². The van der Waals surface area contributed by atoms with Crippen molar-refractivity contribution < 1.29 is 0 Å². The first-order valence-corrected chi connectivity index (χ1v) is 14.0. The van der Waals surface area contributed by atoms with E-state index in [-0.39, 0.29) is 0 Å². The lowest BCUT2D eigenvalue weighted by Gasteiger charge is -2.04. The number of nitrogens with one attached hydrogen (secondary N) is 1. The molecule has 3 heteroatoms. The molecule has 0 spiro atoms. The summed E-state index contributed by atoms with van der Waals surface area (Å²) in [5.74, 6) is 13.8. The monoisotopic (exact) mass is 622 g/mol. The SMILES string of the molecule is Ic1ccc(-c2nc(-c3ccc(C#Cc4ccccc4)cc3)c(-c3ccc(C#Cc4ccccc4)cc3)[nH]2)cc1. The number of hydrogen-bond acceptors (Lipinski definition) is 1. The second-order valence-corrected chi connectivity index (χ2v) is 10.4. The number of hydrogen-bond donors (Lipinski definition) is 1. The first-order chi connectivity index (χ1) is 19.7. The lowest BCUT2D eigenvalue weighted by molar-refractivity contribution is 1.31. The Balaban J connectivity index is 1.34. The maximum absolute atomic E-state index is 5.06. The van der Waals surface area contributed by atoms with Gasteiger partial charge >= 0.3 is 0 Å². The Hall–Kier alpha value is -4.84. The molecule has 6 rings (SSSR count). The lowest BCUT2D eigenvalue weighted by atomic mass is 10.0. The van der Waals surface area contributed by atoms with Gasteiger partial charge in [-0.05, 0) is 83.3 Å². The maximum Gasteiger partial charge on any atom is 0.138 e. The zero-order chi connectivity index (χ0) is 27.1. The molecule has 0 radical (unpaired) electrons. The Kier molecular flexibility index (Phi) is 7.57. The van der Waals surface area contributed by atoms with Crippen LogP contribution >= 0.6 is 22.6 Å². The van der Waals surface area contributed by atoms with E-state index in [0.29, 0.717) is 0 Å². The van der Waals surface area contributed by atoms with Crippen LogP contribution < -0.4 is 0 Å². The van der Waals surface area contributed by atoms with Crippen LogP contribution in [-0.4, -0.2) is 9.97 Å². The quantitative estimate of drug-likeness (QED) is 0.155. The molecule has 0 aliphatic heterocycles.